The summed E-state index contributed by atoms with van der Waals surface area (Å²) in [5.41, 5.74) is 7.40. The molecule has 0 saturated carbocycles. The molecule has 0 heterocycles. The highest BCUT2D eigenvalue weighted by molar-refractivity contribution is 5.80. The van der Waals surface area contributed by atoms with Crippen molar-refractivity contribution in [1.29, 1.82) is 0 Å². The Morgan fingerprint density at radius 1 is 0.931 bits per heavy atom. The predicted octanol–water partition coefficient (Wildman–Crippen LogP) is 6.83. The van der Waals surface area contributed by atoms with E-state index in [2.05, 4.69) is 76.3 Å². The minimum Gasteiger partial charge on any atom is -0.494 e. The van der Waals surface area contributed by atoms with Gasteiger partial charge in [0.2, 0.25) is 0 Å². The van der Waals surface area contributed by atoms with Crippen LogP contribution in [0.5, 0.6) is 5.75 Å². The van der Waals surface area contributed by atoms with Gasteiger partial charge in [-0.2, -0.15) is 0 Å². The number of allylic oxidation sites excluding steroid dienone is 1. The van der Waals surface area contributed by atoms with Gasteiger partial charge in [0.05, 0.1) is 6.61 Å². The van der Waals surface area contributed by atoms with E-state index in [0.717, 1.165) is 5.75 Å². The minimum atomic E-state index is 0.250. The van der Waals surface area contributed by atoms with Crippen LogP contribution in [-0.4, -0.2) is 20.7 Å². The van der Waals surface area contributed by atoms with E-state index in [1.165, 1.54) is 40.7 Å². The maximum Gasteiger partial charge on any atom is 0.119 e. The van der Waals surface area contributed by atoms with E-state index in [1.807, 2.05) is 33.2 Å². The topological polar surface area (TPSA) is 21.3 Å². The van der Waals surface area contributed by atoms with Gasteiger partial charge < -0.3 is 10.1 Å². The van der Waals surface area contributed by atoms with Crippen LogP contribution in [0.4, 0.5) is 0 Å². The van der Waals surface area contributed by atoms with Crippen molar-refractivity contribution in [3.63, 3.8) is 0 Å². The van der Waals surface area contributed by atoms with Gasteiger partial charge in [0, 0.05) is 0 Å². The van der Waals surface area contributed by atoms with E-state index < -0.39 is 0 Å². The van der Waals surface area contributed by atoms with Gasteiger partial charge in [0.1, 0.15) is 5.75 Å². The van der Waals surface area contributed by atoms with Gasteiger partial charge in [-0.15, -0.1) is 0 Å². The predicted molar refractivity (Wildman–Crippen MR) is 128 cm³/mol. The van der Waals surface area contributed by atoms with Crippen LogP contribution in [0, 0.1) is 0 Å². The molecule has 0 unspecified atom stereocenters. The fourth-order valence-corrected chi connectivity index (χ4v) is 3.99. The third-order valence-corrected chi connectivity index (χ3v) is 5.88. The van der Waals surface area contributed by atoms with E-state index in [1.54, 1.807) is 0 Å². The Labute approximate surface area is 178 Å². The van der Waals surface area contributed by atoms with Crippen molar-refractivity contribution in [3.8, 4) is 5.75 Å². The molecule has 2 aromatic carbocycles. The largest absolute Gasteiger partial charge is 0.494 e. The van der Waals surface area contributed by atoms with Crippen molar-refractivity contribution in [2.24, 2.45) is 0 Å². The fourth-order valence-electron chi connectivity index (χ4n) is 3.99. The SMILES string of the molecule is CCOc1ccc(C=C(C)c2ccc3c(c2)C(C)(C)CCC3(C)C)cc1.CNC. The summed E-state index contributed by atoms with van der Waals surface area (Å²) in [5, 5.41) is 2.75. The molecule has 0 amide bonds. The van der Waals surface area contributed by atoms with Crippen molar-refractivity contribution in [2.45, 2.75) is 65.2 Å². The number of fused-ring (bicyclic) bond motifs is 1. The lowest BCUT2D eigenvalue weighted by molar-refractivity contribution is 0.332. The fraction of sp³-hybridized carbons (Fsp3) is 0.481. The first kappa shape index (κ1) is 23.2. The lowest BCUT2D eigenvalue weighted by Gasteiger charge is -2.42. The highest BCUT2D eigenvalue weighted by atomic mass is 16.5. The van der Waals surface area contributed by atoms with Crippen molar-refractivity contribution in [1.82, 2.24) is 5.32 Å². The monoisotopic (exact) mass is 393 g/mol. The lowest BCUT2D eigenvalue weighted by Crippen LogP contribution is -2.33. The molecule has 0 aliphatic heterocycles. The Hall–Kier alpha value is -2.06. The summed E-state index contributed by atoms with van der Waals surface area (Å²) < 4.78 is 5.53. The smallest absolute Gasteiger partial charge is 0.119 e. The van der Waals surface area contributed by atoms with Crippen LogP contribution in [0.2, 0.25) is 0 Å². The molecule has 3 rings (SSSR count). The number of hydrogen-bond acceptors (Lipinski definition) is 2. The van der Waals surface area contributed by atoms with Gasteiger partial charge in [-0.1, -0.05) is 64.1 Å². The molecule has 158 valence electrons. The lowest BCUT2D eigenvalue weighted by atomic mass is 9.63. The quantitative estimate of drug-likeness (QED) is 0.575. The van der Waals surface area contributed by atoms with E-state index in [0.29, 0.717) is 6.61 Å². The Morgan fingerprint density at radius 2 is 1.48 bits per heavy atom. The Balaban J connectivity index is 0.000000941. The molecule has 0 radical (unpaired) electrons. The first-order chi connectivity index (χ1) is 13.6. The van der Waals surface area contributed by atoms with E-state index in [-0.39, 0.29) is 10.8 Å². The highest BCUT2D eigenvalue weighted by Gasteiger charge is 2.36. The number of nitrogens with one attached hydrogen (secondary N) is 1. The second-order valence-electron chi connectivity index (χ2n) is 9.36. The minimum absolute atomic E-state index is 0.250. The molecule has 0 spiro atoms. The zero-order chi connectivity index (χ0) is 21.7. The van der Waals surface area contributed by atoms with Crippen LogP contribution >= 0.6 is 0 Å². The van der Waals surface area contributed by atoms with Crippen LogP contribution in [-0.2, 0) is 10.8 Å². The molecule has 0 bridgehead atoms. The average molecular weight is 394 g/mol. The van der Waals surface area contributed by atoms with Crippen molar-refractivity contribution < 1.29 is 4.74 Å². The second-order valence-corrected chi connectivity index (χ2v) is 9.36. The molecule has 0 fully saturated rings. The third-order valence-electron chi connectivity index (χ3n) is 5.88. The maximum absolute atomic E-state index is 5.53. The van der Waals surface area contributed by atoms with Crippen LogP contribution in [0.1, 0.15) is 76.6 Å². The summed E-state index contributed by atoms with van der Waals surface area (Å²) in [6.07, 6.45) is 4.77. The van der Waals surface area contributed by atoms with Gasteiger partial charge in [-0.25, -0.2) is 0 Å². The molecule has 29 heavy (non-hydrogen) atoms. The standard InChI is InChI=1S/C25H32O.C2H7N/c1-7-26-21-11-8-19(9-12-21)16-18(2)20-10-13-22-23(17-20)25(5,6)15-14-24(22,3)4;1-3-2/h8-13,16-17H,7,14-15H2,1-6H3;3H,1-2H3. The van der Waals surface area contributed by atoms with E-state index in [9.17, 15) is 0 Å². The molecule has 1 aliphatic carbocycles. The summed E-state index contributed by atoms with van der Waals surface area (Å²) in [4.78, 5) is 0. The molecule has 1 N–H and O–H groups in total. The summed E-state index contributed by atoms with van der Waals surface area (Å²) in [6.45, 7) is 14.4. The Bertz CT molecular complexity index is 828. The number of ether oxygens (including phenoxy) is 1. The summed E-state index contributed by atoms with van der Waals surface area (Å²) in [5.74, 6) is 0.931. The molecule has 2 heteroatoms. The number of hydrogen-bond donors (Lipinski definition) is 1. The van der Waals surface area contributed by atoms with Crippen LogP contribution in [0.25, 0.3) is 11.6 Å². The maximum atomic E-state index is 5.53. The number of rotatable bonds is 4. The molecule has 0 saturated heterocycles. The van der Waals surface area contributed by atoms with Gasteiger partial charge in [-0.05, 0) is 91.6 Å². The van der Waals surface area contributed by atoms with Gasteiger partial charge >= 0.3 is 0 Å². The normalized spacial score (nSPS) is 17.0. The summed E-state index contributed by atoms with van der Waals surface area (Å²) >= 11 is 0. The van der Waals surface area contributed by atoms with Crippen LogP contribution in [0.3, 0.4) is 0 Å². The molecule has 1 aliphatic rings. The van der Waals surface area contributed by atoms with E-state index >= 15 is 0 Å². The molecular formula is C27H39NO. The van der Waals surface area contributed by atoms with Crippen LogP contribution < -0.4 is 10.1 Å². The van der Waals surface area contributed by atoms with Crippen molar-refractivity contribution in [2.75, 3.05) is 20.7 Å². The molecule has 2 aromatic rings. The zero-order valence-electron chi connectivity index (χ0n) is 19.6. The van der Waals surface area contributed by atoms with Crippen molar-refractivity contribution in [3.05, 3.63) is 64.7 Å². The molecule has 0 aromatic heterocycles. The van der Waals surface area contributed by atoms with E-state index in [4.69, 9.17) is 4.74 Å². The highest BCUT2D eigenvalue weighted by Crippen LogP contribution is 2.46. The molecule has 2 nitrogen and oxygen atoms in total. The first-order valence-electron chi connectivity index (χ1n) is 10.8. The second kappa shape index (κ2) is 9.63. The Kier molecular flexibility index (Phi) is 7.71. The molecular weight excluding hydrogens is 354 g/mol. The van der Waals surface area contributed by atoms with Gasteiger partial charge in [-0.3, -0.25) is 0 Å². The average Bonchev–Trinajstić information content (AvgIpc) is 2.68. The van der Waals surface area contributed by atoms with Gasteiger partial charge in [0.25, 0.3) is 0 Å². The Morgan fingerprint density at radius 3 is 2.03 bits per heavy atom. The zero-order valence-corrected chi connectivity index (χ0v) is 19.6. The summed E-state index contributed by atoms with van der Waals surface area (Å²) in [7, 11) is 3.75. The van der Waals surface area contributed by atoms with Crippen LogP contribution in [0.15, 0.2) is 42.5 Å². The first-order valence-corrected chi connectivity index (χ1v) is 10.8. The van der Waals surface area contributed by atoms with Gasteiger partial charge in [0.15, 0.2) is 0 Å². The third kappa shape index (κ3) is 5.73. The summed E-state index contributed by atoms with van der Waals surface area (Å²) in [6, 6.07) is 15.4. The molecule has 0 atom stereocenters. The number of benzene rings is 2. The van der Waals surface area contributed by atoms with Crippen molar-refractivity contribution >= 4 is 11.6 Å².